The van der Waals surface area contributed by atoms with Gasteiger partial charge in [-0.25, -0.2) is 0 Å². The van der Waals surface area contributed by atoms with Crippen molar-refractivity contribution in [3.05, 3.63) is 36.1 Å². The van der Waals surface area contributed by atoms with Crippen LogP contribution in [0.5, 0.6) is 0 Å². The fourth-order valence-corrected chi connectivity index (χ4v) is 3.58. The summed E-state index contributed by atoms with van der Waals surface area (Å²) in [6.45, 7) is 5.57. The SMILES string of the molecule is CC(C)NCC1CCCCCC1c1cc2ccccc2o1. The van der Waals surface area contributed by atoms with Crippen molar-refractivity contribution in [2.24, 2.45) is 5.92 Å². The van der Waals surface area contributed by atoms with Crippen LogP contribution in [-0.4, -0.2) is 12.6 Å². The molecule has 0 saturated heterocycles. The average Bonchev–Trinajstić information content (AvgIpc) is 2.76. The van der Waals surface area contributed by atoms with E-state index < -0.39 is 0 Å². The van der Waals surface area contributed by atoms with Crippen LogP contribution in [0.25, 0.3) is 11.0 Å². The summed E-state index contributed by atoms with van der Waals surface area (Å²) in [4.78, 5) is 0. The minimum atomic E-state index is 0.560. The highest BCUT2D eigenvalue weighted by Crippen LogP contribution is 2.38. The molecule has 0 radical (unpaired) electrons. The van der Waals surface area contributed by atoms with Crippen LogP contribution in [0.2, 0.25) is 0 Å². The number of hydrogen-bond acceptors (Lipinski definition) is 2. The summed E-state index contributed by atoms with van der Waals surface area (Å²) in [5, 5.41) is 4.88. The van der Waals surface area contributed by atoms with Gasteiger partial charge in [0.1, 0.15) is 11.3 Å². The molecule has 0 bridgehead atoms. The molecular formula is C19H27NO. The zero-order valence-electron chi connectivity index (χ0n) is 13.3. The molecule has 1 aliphatic rings. The molecule has 114 valence electrons. The number of benzene rings is 1. The lowest BCUT2D eigenvalue weighted by molar-refractivity contribution is 0.326. The molecule has 0 aliphatic heterocycles. The molecule has 1 fully saturated rings. The molecule has 2 unspecified atom stereocenters. The second-order valence-corrected chi connectivity index (χ2v) is 6.75. The molecule has 1 heterocycles. The topological polar surface area (TPSA) is 25.2 Å². The molecule has 1 aromatic heterocycles. The van der Waals surface area contributed by atoms with Crippen molar-refractivity contribution in [1.29, 1.82) is 0 Å². The number of nitrogens with one attached hydrogen (secondary N) is 1. The number of furan rings is 1. The third kappa shape index (κ3) is 3.49. The monoisotopic (exact) mass is 285 g/mol. The zero-order valence-corrected chi connectivity index (χ0v) is 13.3. The van der Waals surface area contributed by atoms with Gasteiger partial charge in [-0.2, -0.15) is 0 Å². The predicted molar refractivity (Wildman–Crippen MR) is 88.7 cm³/mol. The van der Waals surface area contributed by atoms with Gasteiger partial charge in [-0.1, -0.05) is 51.3 Å². The van der Waals surface area contributed by atoms with Crippen LogP contribution in [0.4, 0.5) is 0 Å². The number of hydrogen-bond donors (Lipinski definition) is 1. The molecule has 2 atom stereocenters. The van der Waals surface area contributed by atoms with Gasteiger partial charge in [0, 0.05) is 17.3 Å². The standard InChI is InChI=1S/C19H27NO/c1-14(2)20-13-16-9-4-3-5-10-17(16)19-12-15-8-6-7-11-18(15)21-19/h6-8,11-12,14,16-17,20H,3-5,9-10,13H2,1-2H3. The highest BCUT2D eigenvalue weighted by Gasteiger charge is 2.27. The zero-order chi connectivity index (χ0) is 14.7. The maximum atomic E-state index is 6.17. The van der Waals surface area contributed by atoms with Gasteiger partial charge < -0.3 is 9.73 Å². The molecule has 1 aromatic carbocycles. The van der Waals surface area contributed by atoms with Gasteiger partial charge in [-0.3, -0.25) is 0 Å². The fourth-order valence-electron chi connectivity index (χ4n) is 3.58. The van der Waals surface area contributed by atoms with Crippen LogP contribution in [0.1, 0.15) is 57.6 Å². The van der Waals surface area contributed by atoms with Crippen LogP contribution < -0.4 is 5.32 Å². The van der Waals surface area contributed by atoms with Crippen molar-refractivity contribution in [3.63, 3.8) is 0 Å². The van der Waals surface area contributed by atoms with E-state index in [2.05, 4.69) is 49.5 Å². The third-order valence-corrected chi connectivity index (χ3v) is 4.76. The van der Waals surface area contributed by atoms with Crippen LogP contribution in [0.3, 0.4) is 0 Å². The summed E-state index contributed by atoms with van der Waals surface area (Å²) in [7, 11) is 0. The van der Waals surface area contributed by atoms with Crippen molar-refractivity contribution in [2.75, 3.05) is 6.54 Å². The molecule has 1 aliphatic carbocycles. The minimum absolute atomic E-state index is 0.560. The molecule has 2 heteroatoms. The smallest absolute Gasteiger partial charge is 0.134 e. The highest BCUT2D eigenvalue weighted by molar-refractivity contribution is 5.77. The van der Waals surface area contributed by atoms with E-state index in [-0.39, 0.29) is 0 Å². The Balaban J connectivity index is 1.83. The molecule has 1 N–H and O–H groups in total. The predicted octanol–water partition coefficient (Wildman–Crippen LogP) is 5.09. The van der Waals surface area contributed by atoms with Crippen molar-refractivity contribution in [1.82, 2.24) is 5.32 Å². The molecular weight excluding hydrogens is 258 g/mol. The summed E-state index contributed by atoms with van der Waals surface area (Å²) in [5.74, 6) is 2.48. The second kappa shape index (κ2) is 6.65. The normalized spacial score (nSPS) is 23.6. The van der Waals surface area contributed by atoms with E-state index in [1.165, 1.54) is 43.3 Å². The second-order valence-electron chi connectivity index (χ2n) is 6.75. The van der Waals surface area contributed by atoms with E-state index in [4.69, 9.17) is 4.42 Å². The summed E-state index contributed by atoms with van der Waals surface area (Å²) >= 11 is 0. The first-order valence-corrected chi connectivity index (χ1v) is 8.46. The van der Waals surface area contributed by atoms with Crippen molar-refractivity contribution in [2.45, 2.75) is 57.9 Å². The van der Waals surface area contributed by atoms with Gasteiger partial charge in [-0.15, -0.1) is 0 Å². The number of rotatable bonds is 4. The van der Waals surface area contributed by atoms with Gasteiger partial charge in [0.15, 0.2) is 0 Å². The highest BCUT2D eigenvalue weighted by atomic mass is 16.3. The van der Waals surface area contributed by atoms with E-state index in [1.54, 1.807) is 0 Å². The first-order valence-electron chi connectivity index (χ1n) is 8.46. The molecule has 0 amide bonds. The first-order chi connectivity index (χ1) is 10.2. The Kier molecular flexibility index (Phi) is 4.64. The molecule has 0 spiro atoms. The lowest BCUT2D eigenvalue weighted by atomic mass is 9.85. The Morgan fingerprint density at radius 2 is 1.95 bits per heavy atom. The first kappa shape index (κ1) is 14.6. The molecule has 3 rings (SSSR count). The van der Waals surface area contributed by atoms with Crippen molar-refractivity contribution >= 4 is 11.0 Å². The molecule has 21 heavy (non-hydrogen) atoms. The van der Waals surface area contributed by atoms with E-state index >= 15 is 0 Å². The van der Waals surface area contributed by atoms with Crippen molar-refractivity contribution in [3.8, 4) is 0 Å². The van der Waals surface area contributed by atoms with Gasteiger partial charge in [-0.05, 0) is 37.4 Å². The third-order valence-electron chi connectivity index (χ3n) is 4.76. The lowest BCUT2D eigenvalue weighted by Crippen LogP contribution is -2.31. The summed E-state index contributed by atoms with van der Waals surface area (Å²) in [6, 6.07) is 11.2. The van der Waals surface area contributed by atoms with Gasteiger partial charge in [0.25, 0.3) is 0 Å². The molecule has 2 aromatic rings. The van der Waals surface area contributed by atoms with Gasteiger partial charge in [0.05, 0.1) is 0 Å². The summed E-state index contributed by atoms with van der Waals surface area (Å²) in [6.07, 6.45) is 6.65. The van der Waals surface area contributed by atoms with Crippen LogP contribution in [-0.2, 0) is 0 Å². The van der Waals surface area contributed by atoms with Crippen LogP contribution in [0.15, 0.2) is 34.7 Å². The quantitative estimate of drug-likeness (QED) is 0.791. The Bertz CT molecular complexity index is 539. The largest absolute Gasteiger partial charge is 0.461 e. The van der Waals surface area contributed by atoms with Crippen LogP contribution in [0, 0.1) is 5.92 Å². The minimum Gasteiger partial charge on any atom is -0.461 e. The van der Waals surface area contributed by atoms with Gasteiger partial charge in [0.2, 0.25) is 0 Å². The number of para-hydroxylation sites is 1. The summed E-state index contributed by atoms with van der Waals surface area (Å²) in [5.41, 5.74) is 1.03. The lowest BCUT2D eigenvalue weighted by Gasteiger charge is -2.24. The summed E-state index contributed by atoms with van der Waals surface area (Å²) < 4.78 is 6.17. The Labute approximate surface area is 127 Å². The maximum Gasteiger partial charge on any atom is 0.134 e. The van der Waals surface area contributed by atoms with E-state index in [0.29, 0.717) is 17.9 Å². The Morgan fingerprint density at radius 3 is 2.76 bits per heavy atom. The van der Waals surface area contributed by atoms with Crippen LogP contribution >= 0.6 is 0 Å². The Hall–Kier alpha value is -1.28. The average molecular weight is 285 g/mol. The maximum absolute atomic E-state index is 6.17. The van der Waals surface area contributed by atoms with E-state index in [9.17, 15) is 0 Å². The number of fused-ring (bicyclic) bond motifs is 1. The fraction of sp³-hybridized carbons (Fsp3) is 0.579. The van der Waals surface area contributed by atoms with Gasteiger partial charge >= 0.3 is 0 Å². The Morgan fingerprint density at radius 1 is 1.14 bits per heavy atom. The molecule has 2 nitrogen and oxygen atoms in total. The molecule has 1 saturated carbocycles. The van der Waals surface area contributed by atoms with E-state index in [1.807, 2.05) is 0 Å². The van der Waals surface area contributed by atoms with Crippen molar-refractivity contribution < 1.29 is 4.42 Å². The van der Waals surface area contributed by atoms with E-state index in [0.717, 1.165) is 12.1 Å².